The average molecular weight is 256 g/mol. The Balaban J connectivity index is 2.22. The summed E-state index contributed by atoms with van der Waals surface area (Å²) < 4.78 is 5.58. The maximum Gasteiger partial charge on any atom is 0.347 e. The van der Waals surface area contributed by atoms with Crippen molar-refractivity contribution in [3.8, 4) is 0 Å². The van der Waals surface area contributed by atoms with Crippen molar-refractivity contribution < 1.29 is 14.6 Å². The molecule has 1 aliphatic rings. The van der Waals surface area contributed by atoms with Crippen molar-refractivity contribution in [3.05, 3.63) is 15.6 Å². The second-order valence-corrected chi connectivity index (χ2v) is 4.98. The van der Waals surface area contributed by atoms with Crippen molar-refractivity contribution in [1.29, 1.82) is 0 Å². The number of aromatic nitrogens is 1. The van der Waals surface area contributed by atoms with Gasteiger partial charge in [0.1, 0.15) is 16.0 Å². The summed E-state index contributed by atoms with van der Waals surface area (Å²) in [5, 5.41) is 13.1. The first-order chi connectivity index (χ1) is 8.22. The molecule has 1 aromatic rings. The smallest absolute Gasteiger partial charge is 0.347 e. The molecule has 1 saturated heterocycles. The fraction of sp³-hybridized carbons (Fsp3) is 0.636. The Morgan fingerprint density at radius 1 is 1.71 bits per heavy atom. The quantitative estimate of drug-likeness (QED) is 0.853. The van der Waals surface area contributed by atoms with Gasteiger partial charge < -0.3 is 15.2 Å². The van der Waals surface area contributed by atoms with Crippen molar-refractivity contribution in [3.63, 3.8) is 0 Å². The van der Waals surface area contributed by atoms with Crippen LogP contribution in [0, 0.1) is 0 Å². The predicted octanol–water partition coefficient (Wildman–Crippen LogP) is 1.45. The number of hydrogen-bond acceptors (Lipinski definition) is 5. The van der Waals surface area contributed by atoms with Gasteiger partial charge in [0.2, 0.25) is 0 Å². The highest BCUT2D eigenvalue weighted by Gasteiger charge is 2.24. The lowest BCUT2D eigenvalue weighted by Gasteiger charge is -2.21. The number of rotatable bonds is 4. The summed E-state index contributed by atoms with van der Waals surface area (Å²) in [6.45, 7) is 4.21. The molecule has 2 rings (SSSR count). The standard InChI is InChI=1S/C11H16N2O3S/c1-2-3-7-9(11(14)15)17-10(13-7)8-6-12-4-5-16-8/h8,12H,2-6H2,1H3,(H,14,15). The molecule has 0 aromatic carbocycles. The average Bonchev–Trinajstić information content (AvgIpc) is 2.75. The van der Waals surface area contributed by atoms with Crippen LogP contribution in [0.4, 0.5) is 0 Å². The Kier molecular flexibility index (Phi) is 4.09. The van der Waals surface area contributed by atoms with Crippen molar-refractivity contribution >= 4 is 17.3 Å². The van der Waals surface area contributed by atoms with Crippen LogP contribution in [-0.4, -0.2) is 35.8 Å². The topological polar surface area (TPSA) is 71.5 Å². The third-order valence-corrected chi connectivity index (χ3v) is 3.78. The van der Waals surface area contributed by atoms with Crippen LogP contribution in [0.2, 0.25) is 0 Å². The Morgan fingerprint density at radius 2 is 2.53 bits per heavy atom. The summed E-state index contributed by atoms with van der Waals surface area (Å²) in [7, 11) is 0. The van der Waals surface area contributed by atoms with Gasteiger partial charge in [-0.15, -0.1) is 11.3 Å². The second kappa shape index (κ2) is 5.57. The zero-order valence-electron chi connectivity index (χ0n) is 9.73. The molecule has 2 N–H and O–H groups in total. The molecule has 2 heterocycles. The zero-order valence-corrected chi connectivity index (χ0v) is 10.5. The number of thiazole rings is 1. The van der Waals surface area contributed by atoms with Gasteiger partial charge in [0.15, 0.2) is 0 Å². The van der Waals surface area contributed by atoms with E-state index in [0.29, 0.717) is 30.1 Å². The predicted molar refractivity (Wildman–Crippen MR) is 64.6 cm³/mol. The van der Waals surface area contributed by atoms with Crippen LogP contribution in [0.1, 0.15) is 39.8 Å². The lowest BCUT2D eigenvalue weighted by atomic mass is 10.2. The first-order valence-electron chi connectivity index (χ1n) is 5.77. The van der Waals surface area contributed by atoms with Gasteiger partial charge in [0.25, 0.3) is 0 Å². The van der Waals surface area contributed by atoms with E-state index >= 15 is 0 Å². The molecule has 0 saturated carbocycles. The Labute approximate surface area is 104 Å². The Hall–Kier alpha value is -0.980. The molecular formula is C11H16N2O3S. The van der Waals surface area contributed by atoms with Gasteiger partial charge in [-0.2, -0.15) is 0 Å². The fourth-order valence-corrected chi connectivity index (χ4v) is 2.81. The molecule has 0 spiro atoms. The van der Waals surface area contributed by atoms with Crippen LogP contribution < -0.4 is 5.32 Å². The molecule has 1 aliphatic heterocycles. The molecule has 1 atom stereocenters. The first kappa shape index (κ1) is 12.5. The molecule has 5 nitrogen and oxygen atoms in total. The van der Waals surface area contributed by atoms with E-state index in [1.54, 1.807) is 0 Å². The second-order valence-electron chi connectivity index (χ2n) is 3.95. The largest absolute Gasteiger partial charge is 0.477 e. The SMILES string of the molecule is CCCc1nc(C2CNCCO2)sc1C(=O)O. The lowest BCUT2D eigenvalue weighted by Crippen LogP contribution is -2.33. The van der Waals surface area contributed by atoms with E-state index in [4.69, 9.17) is 9.84 Å². The van der Waals surface area contributed by atoms with E-state index in [1.807, 2.05) is 6.92 Å². The van der Waals surface area contributed by atoms with Crippen LogP contribution in [-0.2, 0) is 11.2 Å². The van der Waals surface area contributed by atoms with E-state index in [-0.39, 0.29) is 6.10 Å². The number of ether oxygens (including phenoxy) is 1. The van der Waals surface area contributed by atoms with Gasteiger partial charge in [0, 0.05) is 13.1 Å². The van der Waals surface area contributed by atoms with Gasteiger partial charge in [0.05, 0.1) is 12.3 Å². The fourth-order valence-electron chi connectivity index (χ4n) is 1.81. The highest BCUT2D eigenvalue weighted by molar-refractivity contribution is 7.13. The van der Waals surface area contributed by atoms with Crippen LogP contribution in [0.5, 0.6) is 0 Å². The van der Waals surface area contributed by atoms with E-state index < -0.39 is 5.97 Å². The minimum absolute atomic E-state index is 0.0996. The lowest BCUT2D eigenvalue weighted by molar-refractivity contribution is 0.0275. The molecule has 1 fully saturated rings. The van der Waals surface area contributed by atoms with Crippen molar-refractivity contribution in [2.45, 2.75) is 25.9 Å². The number of carbonyl (C=O) groups is 1. The third-order valence-electron chi connectivity index (χ3n) is 2.60. The molecule has 0 amide bonds. The Bertz CT molecular complexity index is 399. The van der Waals surface area contributed by atoms with Crippen molar-refractivity contribution in [2.24, 2.45) is 0 Å². The molecule has 6 heteroatoms. The maximum atomic E-state index is 11.1. The summed E-state index contributed by atoms with van der Waals surface area (Å²) in [6.07, 6.45) is 1.50. The van der Waals surface area contributed by atoms with Gasteiger partial charge in [-0.3, -0.25) is 0 Å². The number of aromatic carboxylic acids is 1. The molecule has 0 bridgehead atoms. The van der Waals surface area contributed by atoms with Crippen molar-refractivity contribution in [1.82, 2.24) is 10.3 Å². The van der Waals surface area contributed by atoms with E-state index in [0.717, 1.165) is 18.0 Å². The zero-order chi connectivity index (χ0) is 12.3. The summed E-state index contributed by atoms with van der Waals surface area (Å²) in [6, 6.07) is 0. The molecule has 94 valence electrons. The van der Waals surface area contributed by atoms with E-state index in [1.165, 1.54) is 11.3 Å². The highest BCUT2D eigenvalue weighted by Crippen LogP contribution is 2.27. The Morgan fingerprint density at radius 3 is 3.12 bits per heavy atom. The van der Waals surface area contributed by atoms with Crippen LogP contribution in [0.3, 0.4) is 0 Å². The third kappa shape index (κ3) is 2.83. The number of hydrogen-bond donors (Lipinski definition) is 2. The van der Waals surface area contributed by atoms with Crippen LogP contribution in [0.25, 0.3) is 0 Å². The summed E-state index contributed by atoms with van der Waals surface area (Å²) in [4.78, 5) is 15.9. The van der Waals surface area contributed by atoms with Gasteiger partial charge in [-0.1, -0.05) is 13.3 Å². The molecule has 0 aliphatic carbocycles. The minimum atomic E-state index is -0.888. The monoisotopic (exact) mass is 256 g/mol. The van der Waals surface area contributed by atoms with Crippen LogP contribution in [0.15, 0.2) is 0 Å². The maximum absolute atomic E-state index is 11.1. The first-order valence-corrected chi connectivity index (χ1v) is 6.59. The number of carboxylic acids is 1. The number of nitrogens with zero attached hydrogens (tertiary/aromatic N) is 1. The van der Waals surface area contributed by atoms with Gasteiger partial charge >= 0.3 is 5.97 Å². The van der Waals surface area contributed by atoms with Gasteiger partial charge in [-0.25, -0.2) is 9.78 Å². The molecule has 17 heavy (non-hydrogen) atoms. The van der Waals surface area contributed by atoms with E-state index in [2.05, 4.69) is 10.3 Å². The summed E-state index contributed by atoms with van der Waals surface area (Å²) in [5.41, 5.74) is 0.689. The molecule has 0 radical (unpaired) electrons. The number of morpholine rings is 1. The normalized spacial score (nSPS) is 20.4. The highest BCUT2D eigenvalue weighted by atomic mass is 32.1. The molecule has 1 aromatic heterocycles. The summed E-state index contributed by atoms with van der Waals surface area (Å²) >= 11 is 1.24. The van der Waals surface area contributed by atoms with Crippen molar-refractivity contribution in [2.75, 3.05) is 19.7 Å². The molecular weight excluding hydrogens is 240 g/mol. The number of nitrogens with one attached hydrogen (secondary N) is 1. The number of carboxylic acid groups (broad SMARTS) is 1. The van der Waals surface area contributed by atoms with Crippen LogP contribution >= 0.6 is 11.3 Å². The molecule has 1 unspecified atom stereocenters. The van der Waals surface area contributed by atoms with E-state index in [9.17, 15) is 4.79 Å². The summed E-state index contributed by atoms with van der Waals surface area (Å²) in [5.74, 6) is -0.888. The minimum Gasteiger partial charge on any atom is -0.477 e. The number of aryl methyl sites for hydroxylation is 1. The van der Waals surface area contributed by atoms with Gasteiger partial charge in [-0.05, 0) is 6.42 Å².